The lowest BCUT2D eigenvalue weighted by molar-refractivity contribution is -0.126. The van der Waals surface area contributed by atoms with Crippen molar-refractivity contribution < 1.29 is 14.6 Å². The van der Waals surface area contributed by atoms with Crippen LogP contribution in [0.4, 0.5) is 0 Å². The number of carbonyl (C=O) groups is 1. The third-order valence-corrected chi connectivity index (χ3v) is 6.51. The number of benzene rings is 3. The number of rotatable bonds is 5. The summed E-state index contributed by atoms with van der Waals surface area (Å²) in [5.74, 6) is 0.0311. The van der Waals surface area contributed by atoms with Crippen molar-refractivity contribution in [1.82, 2.24) is 0 Å². The molecule has 5 rings (SSSR count). The van der Waals surface area contributed by atoms with Crippen LogP contribution in [0, 0.1) is 0 Å². The predicted molar refractivity (Wildman–Crippen MR) is 130 cm³/mol. The molecule has 1 amide bonds. The average Bonchev–Trinajstić information content (AvgIpc) is 3.46. The Morgan fingerprint density at radius 1 is 1.06 bits per heavy atom. The molecule has 0 aliphatic carbocycles. The van der Waals surface area contributed by atoms with E-state index in [0.29, 0.717) is 23.5 Å². The Bertz CT molecular complexity index is 1360. The molecule has 0 unspecified atom stereocenters. The van der Waals surface area contributed by atoms with Gasteiger partial charge < -0.3 is 9.84 Å². The van der Waals surface area contributed by atoms with Crippen LogP contribution in [0.2, 0.25) is 0 Å². The molecule has 0 spiro atoms. The van der Waals surface area contributed by atoms with Gasteiger partial charge in [0.25, 0.3) is 5.91 Å². The van der Waals surface area contributed by atoms with Gasteiger partial charge in [-0.25, -0.2) is 0 Å². The SMILES string of the molecule is CC[C@]1(/C(=C/c2ccsc2)c2c(O)ccc3ccccc23)OC(c2ccccc2)=NC1=O. The minimum atomic E-state index is -1.34. The lowest BCUT2D eigenvalue weighted by Gasteiger charge is -2.30. The van der Waals surface area contributed by atoms with E-state index in [9.17, 15) is 9.90 Å². The topological polar surface area (TPSA) is 58.9 Å². The summed E-state index contributed by atoms with van der Waals surface area (Å²) in [4.78, 5) is 17.8. The Hall–Kier alpha value is -3.70. The van der Waals surface area contributed by atoms with Gasteiger partial charge >= 0.3 is 0 Å². The number of carbonyl (C=O) groups excluding carboxylic acids is 1. The molecule has 5 heteroatoms. The number of phenolic OH excluding ortho intramolecular Hbond substituents is 1. The number of amides is 1. The number of nitrogens with zero attached hydrogens (tertiary/aromatic N) is 1. The highest BCUT2D eigenvalue weighted by molar-refractivity contribution is 7.08. The molecule has 1 aliphatic heterocycles. The monoisotopic (exact) mass is 439 g/mol. The van der Waals surface area contributed by atoms with Crippen molar-refractivity contribution in [1.29, 1.82) is 0 Å². The van der Waals surface area contributed by atoms with E-state index in [-0.39, 0.29) is 11.7 Å². The Morgan fingerprint density at radius 3 is 2.59 bits per heavy atom. The van der Waals surface area contributed by atoms with Crippen LogP contribution in [-0.2, 0) is 9.53 Å². The quantitative estimate of drug-likeness (QED) is 0.397. The van der Waals surface area contributed by atoms with Crippen LogP contribution in [0.15, 0.2) is 88.5 Å². The molecule has 1 atom stereocenters. The van der Waals surface area contributed by atoms with E-state index < -0.39 is 5.60 Å². The standard InChI is InChI=1S/C27H21NO3S/c1-2-27(26(30)28-25(31-27)20-9-4-3-5-10-20)22(16-18-14-15-32-17-18)24-21-11-7-6-8-19(21)12-13-23(24)29/h3-17,29H,2H2,1H3/b22-16+/t27-/m1/s1. The van der Waals surface area contributed by atoms with Crippen LogP contribution in [0.25, 0.3) is 22.4 Å². The summed E-state index contributed by atoms with van der Waals surface area (Å²) in [6.45, 7) is 1.91. The van der Waals surface area contributed by atoms with E-state index in [4.69, 9.17) is 4.74 Å². The molecule has 32 heavy (non-hydrogen) atoms. The summed E-state index contributed by atoms with van der Waals surface area (Å²) < 4.78 is 6.39. The summed E-state index contributed by atoms with van der Waals surface area (Å²) in [5.41, 5.74) is 1.54. The summed E-state index contributed by atoms with van der Waals surface area (Å²) >= 11 is 1.57. The van der Waals surface area contributed by atoms with E-state index in [1.165, 1.54) is 0 Å². The van der Waals surface area contributed by atoms with Crippen molar-refractivity contribution in [3.63, 3.8) is 0 Å². The number of ether oxygens (including phenoxy) is 1. The van der Waals surface area contributed by atoms with Crippen LogP contribution in [0.3, 0.4) is 0 Å². The lowest BCUT2D eigenvalue weighted by atomic mass is 9.82. The highest BCUT2D eigenvalue weighted by Gasteiger charge is 2.50. The first-order valence-corrected chi connectivity index (χ1v) is 11.4. The second-order valence-electron chi connectivity index (χ2n) is 7.67. The zero-order valence-electron chi connectivity index (χ0n) is 17.5. The van der Waals surface area contributed by atoms with Crippen molar-refractivity contribution in [2.24, 2.45) is 4.99 Å². The zero-order chi connectivity index (χ0) is 22.1. The zero-order valence-corrected chi connectivity index (χ0v) is 18.3. The number of aromatic hydroxyl groups is 1. The summed E-state index contributed by atoms with van der Waals surface area (Å²) in [6.07, 6.45) is 2.30. The molecule has 0 fully saturated rings. The van der Waals surface area contributed by atoms with Gasteiger partial charge in [0.2, 0.25) is 11.5 Å². The van der Waals surface area contributed by atoms with E-state index in [0.717, 1.165) is 21.9 Å². The highest BCUT2D eigenvalue weighted by Crippen LogP contribution is 2.45. The smallest absolute Gasteiger partial charge is 0.297 e. The third-order valence-electron chi connectivity index (χ3n) is 5.80. The first-order valence-electron chi connectivity index (χ1n) is 10.5. The fraction of sp³-hybridized carbons (Fsp3) is 0.111. The molecule has 2 heterocycles. The van der Waals surface area contributed by atoms with Gasteiger partial charge in [-0.05, 0) is 63.9 Å². The van der Waals surface area contributed by atoms with Crippen molar-refractivity contribution >= 4 is 45.6 Å². The minimum absolute atomic E-state index is 0.0996. The van der Waals surface area contributed by atoms with Gasteiger partial charge in [-0.15, -0.1) is 0 Å². The van der Waals surface area contributed by atoms with Gasteiger partial charge in [0.15, 0.2) is 0 Å². The van der Waals surface area contributed by atoms with E-state index >= 15 is 0 Å². The van der Waals surface area contributed by atoms with Gasteiger partial charge in [-0.1, -0.05) is 55.5 Å². The number of hydrogen-bond acceptors (Lipinski definition) is 4. The molecule has 3 aromatic carbocycles. The van der Waals surface area contributed by atoms with Crippen LogP contribution in [0.1, 0.15) is 30.0 Å². The van der Waals surface area contributed by atoms with Gasteiger partial charge in [0, 0.05) is 16.7 Å². The van der Waals surface area contributed by atoms with Gasteiger partial charge in [0.1, 0.15) is 5.75 Å². The number of hydrogen-bond donors (Lipinski definition) is 1. The first-order chi connectivity index (χ1) is 15.6. The number of phenols is 1. The van der Waals surface area contributed by atoms with Gasteiger partial charge in [0.05, 0.1) is 0 Å². The third kappa shape index (κ3) is 3.31. The molecule has 0 saturated heterocycles. The second kappa shape index (κ2) is 8.09. The maximum absolute atomic E-state index is 13.5. The summed E-state index contributed by atoms with van der Waals surface area (Å²) in [5, 5.41) is 16.8. The summed E-state index contributed by atoms with van der Waals surface area (Å²) in [7, 11) is 0. The summed E-state index contributed by atoms with van der Waals surface area (Å²) in [6, 6.07) is 22.8. The Labute approximate surface area is 190 Å². The Morgan fingerprint density at radius 2 is 1.84 bits per heavy atom. The maximum Gasteiger partial charge on any atom is 0.297 e. The van der Waals surface area contributed by atoms with Gasteiger partial charge in [-0.3, -0.25) is 4.79 Å². The molecule has 1 N–H and O–H groups in total. The molecule has 1 aromatic heterocycles. The second-order valence-corrected chi connectivity index (χ2v) is 8.45. The fourth-order valence-corrected chi connectivity index (χ4v) is 4.78. The molecule has 0 bridgehead atoms. The van der Waals surface area contributed by atoms with Crippen molar-refractivity contribution in [2.75, 3.05) is 0 Å². The van der Waals surface area contributed by atoms with Crippen molar-refractivity contribution in [3.8, 4) is 5.75 Å². The fourth-order valence-electron chi connectivity index (χ4n) is 4.16. The van der Waals surface area contributed by atoms with E-state index in [1.54, 1.807) is 17.4 Å². The normalized spacial score (nSPS) is 18.6. The first kappa shape index (κ1) is 20.2. The molecule has 4 aromatic rings. The highest BCUT2D eigenvalue weighted by atomic mass is 32.1. The number of fused-ring (bicyclic) bond motifs is 1. The Balaban J connectivity index is 1.74. The van der Waals surface area contributed by atoms with Crippen molar-refractivity contribution in [3.05, 3.63) is 100 Å². The minimum Gasteiger partial charge on any atom is -0.507 e. The van der Waals surface area contributed by atoms with Gasteiger partial charge in [-0.2, -0.15) is 16.3 Å². The van der Waals surface area contributed by atoms with E-state index in [2.05, 4.69) is 4.99 Å². The molecular formula is C27H21NO3S. The molecule has 0 saturated carbocycles. The van der Waals surface area contributed by atoms with Crippen LogP contribution < -0.4 is 0 Å². The average molecular weight is 440 g/mol. The lowest BCUT2D eigenvalue weighted by Crippen LogP contribution is -2.38. The van der Waals surface area contributed by atoms with Crippen molar-refractivity contribution in [2.45, 2.75) is 18.9 Å². The molecule has 4 nitrogen and oxygen atoms in total. The molecule has 1 aliphatic rings. The number of aliphatic imine (C=N–C) groups is 1. The van der Waals surface area contributed by atoms with Crippen LogP contribution in [-0.4, -0.2) is 22.5 Å². The van der Waals surface area contributed by atoms with Crippen LogP contribution in [0.5, 0.6) is 5.75 Å². The molecule has 158 valence electrons. The molecular weight excluding hydrogens is 418 g/mol. The van der Waals surface area contributed by atoms with E-state index in [1.807, 2.05) is 90.5 Å². The molecule has 0 radical (unpaired) electrons. The maximum atomic E-state index is 13.5. The Kier molecular flexibility index (Phi) is 5.11. The van der Waals surface area contributed by atoms with Crippen LogP contribution >= 0.6 is 11.3 Å². The predicted octanol–water partition coefficient (Wildman–Crippen LogP) is 6.30. The largest absolute Gasteiger partial charge is 0.507 e. The number of thiophene rings is 1.